The maximum atomic E-state index is 4.48. The van der Waals surface area contributed by atoms with Gasteiger partial charge in [0, 0.05) is 38.1 Å². The van der Waals surface area contributed by atoms with E-state index < -0.39 is 0 Å². The van der Waals surface area contributed by atoms with Gasteiger partial charge in [0.1, 0.15) is 0 Å². The average molecular weight is 220 g/mol. The maximum absolute atomic E-state index is 4.48. The molecule has 0 amide bonds. The van der Waals surface area contributed by atoms with Crippen LogP contribution in [0.15, 0.2) is 12.4 Å². The Kier molecular flexibility index (Phi) is 2.59. The van der Waals surface area contributed by atoms with E-state index in [-0.39, 0.29) is 0 Å². The molecule has 1 aromatic heterocycles. The Hall–Kier alpha value is -1.03. The SMILES string of the molecule is Cn1ccnc1N(CC1CCCN1)C1CC1. The van der Waals surface area contributed by atoms with Gasteiger partial charge in [-0.3, -0.25) is 0 Å². The second-order valence-corrected chi connectivity index (χ2v) is 5.01. The van der Waals surface area contributed by atoms with Crippen molar-refractivity contribution in [3.8, 4) is 0 Å². The van der Waals surface area contributed by atoms with Crippen molar-refractivity contribution in [3.63, 3.8) is 0 Å². The van der Waals surface area contributed by atoms with Crippen molar-refractivity contribution in [2.45, 2.75) is 37.8 Å². The Morgan fingerprint density at radius 2 is 2.38 bits per heavy atom. The van der Waals surface area contributed by atoms with Gasteiger partial charge in [-0.25, -0.2) is 4.98 Å². The van der Waals surface area contributed by atoms with Gasteiger partial charge in [0.25, 0.3) is 0 Å². The second-order valence-electron chi connectivity index (χ2n) is 5.01. The highest BCUT2D eigenvalue weighted by Gasteiger charge is 2.33. The van der Waals surface area contributed by atoms with Gasteiger partial charge in [-0.15, -0.1) is 0 Å². The number of anilines is 1. The smallest absolute Gasteiger partial charge is 0.205 e. The number of aromatic nitrogens is 2. The molecule has 0 bridgehead atoms. The highest BCUT2D eigenvalue weighted by atomic mass is 15.3. The molecule has 1 unspecified atom stereocenters. The molecule has 2 heterocycles. The number of rotatable bonds is 4. The number of hydrogen-bond donors (Lipinski definition) is 1. The average Bonchev–Trinajstić information content (AvgIpc) is 2.82. The number of hydrogen-bond acceptors (Lipinski definition) is 3. The van der Waals surface area contributed by atoms with Crippen LogP contribution in [0.5, 0.6) is 0 Å². The summed E-state index contributed by atoms with van der Waals surface area (Å²) in [7, 11) is 2.08. The zero-order valence-corrected chi connectivity index (χ0v) is 9.89. The van der Waals surface area contributed by atoms with E-state index >= 15 is 0 Å². The predicted molar refractivity (Wildman–Crippen MR) is 64.6 cm³/mol. The van der Waals surface area contributed by atoms with Crippen LogP contribution in [0, 0.1) is 0 Å². The van der Waals surface area contributed by atoms with Crippen molar-refractivity contribution < 1.29 is 0 Å². The zero-order chi connectivity index (χ0) is 11.0. The molecule has 1 aliphatic heterocycles. The Morgan fingerprint density at radius 1 is 1.50 bits per heavy atom. The molecule has 4 heteroatoms. The third-order valence-electron chi connectivity index (χ3n) is 3.62. The third kappa shape index (κ3) is 1.94. The van der Waals surface area contributed by atoms with E-state index in [4.69, 9.17) is 0 Å². The molecular formula is C12H20N4. The van der Waals surface area contributed by atoms with Crippen LogP contribution in [0.25, 0.3) is 0 Å². The zero-order valence-electron chi connectivity index (χ0n) is 9.89. The largest absolute Gasteiger partial charge is 0.338 e. The van der Waals surface area contributed by atoms with Crippen molar-refractivity contribution in [1.29, 1.82) is 0 Å². The Labute approximate surface area is 96.7 Å². The molecule has 1 aliphatic carbocycles. The Morgan fingerprint density at radius 3 is 2.94 bits per heavy atom. The highest BCUT2D eigenvalue weighted by Crippen LogP contribution is 2.31. The van der Waals surface area contributed by atoms with Crippen LogP contribution in [0.4, 0.5) is 5.95 Å². The van der Waals surface area contributed by atoms with Crippen LogP contribution >= 0.6 is 0 Å². The minimum Gasteiger partial charge on any atom is -0.338 e. The molecule has 2 fully saturated rings. The molecule has 1 aromatic rings. The number of nitrogens with one attached hydrogen (secondary N) is 1. The summed E-state index contributed by atoms with van der Waals surface area (Å²) in [6, 6.07) is 1.40. The molecule has 0 aromatic carbocycles. The van der Waals surface area contributed by atoms with E-state index in [1.807, 2.05) is 12.4 Å². The van der Waals surface area contributed by atoms with Crippen LogP contribution < -0.4 is 10.2 Å². The van der Waals surface area contributed by atoms with Gasteiger partial charge in [0.15, 0.2) is 0 Å². The van der Waals surface area contributed by atoms with Gasteiger partial charge < -0.3 is 14.8 Å². The summed E-state index contributed by atoms with van der Waals surface area (Å²) in [5.41, 5.74) is 0. The first-order chi connectivity index (χ1) is 7.84. The molecular weight excluding hydrogens is 200 g/mol. The minimum absolute atomic E-state index is 0.664. The van der Waals surface area contributed by atoms with Gasteiger partial charge in [-0.2, -0.15) is 0 Å². The van der Waals surface area contributed by atoms with Crippen molar-refractivity contribution in [3.05, 3.63) is 12.4 Å². The molecule has 1 N–H and O–H groups in total. The molecule has 1 saturated heterocycles. The van der Waals surface area contributed by atoms with Crippen molar-refractivity contribution in [2.75, 3.05) is 18.0 Å². The van der Waals surface area contributed by atoms with Gasteiger partial charge >= 0.3 is 0 Å². The summed E-state index contributed by atoms with van der Waals surface area (Å²) < 4.78 is 2.13. The number of aryl methyl sites for hydroxylation is 1. The van der Waals surface area contributed by atoms with Crippen LogP contribution in [0.1, 0.15) is 25.7 Å². The molecule has 1 atom stereocenters. The molecule has 3 rings (SSSR count). The summed E-state index contributed by atoms with van der Waals surface area (Å²) >= 11 is 0. The lowest BCUT2D eigenvalue weighted by atomic mass is 10.2. The molecule has 1 saturated carbocycles. The summed E-state index contributed by atoms with van der Waals surface area (Å²) in [5.74, 6) is 1.14. The quantitative estimate of drug-likeness (QED) is 0.826. The van der Waals surface area contributed by atoms with E-state index in [1.54, 1.807) is 0 Å². The van der Waals surface area contributed by atoms with Gasteiger partial charge in [0.05, 0.1) is 0 Å². The monoisotopic (exact) mass is 220 g/mol. The Balaban J connectivity index is 1.73. The molecule has 2 aliphatic rings. The van der Waals surface area contributed by atoms with Crippen molar-refractivity contribution in [1.82, 2.24) is 14.9 Å². The number of nitrogens with zero attached hydrogens (tertiary/aromatic N) is 3. The molecule has 16 heavy (non-hydrogen) atoms. The van der Waals surface area contributed by atoms with Gasteiger partial charge in [-0.1, -0.05) is 0 Å². The molecule has 4 nitrogen and oxygen atoms in total. The normalized spacial score (nSPS) is 24.9. The first-order valence-electron chi connectivity index (χ1n) is 6.32. The summed E-state index contributed by atoms with van der Waals surface area (Å²) in [6.07, 6.45) is 9.23. The van der Waals surface area contributed by atoms with Crippen LogP contribution in [0.3, 0.4) is 0 Å². The van der Waals surface area contributed by atoms with Crippen LogP contribution in [-0.4, -0.2) is 34.7 Å². The predicted octanol–water partition coefficient (Wildman–Crippen LogP) is 1.14. The van der Waals surface area contributed by atoms with E-state index in [0.717, 1.165) is 18.5 Å². The third-order valence-corrected chi connectivity index (χ3v) is 3.62. The van der Waals surface area contributed by atoms with Crippen molar-refractivity contribution in [2.24, 2.45) is 7.05 Å². The fourth-order valence-electron chi connectivity index (χ4n) is 2.56. The summed E-state index contributed by atoms with van der Waals surface area (Å²) in [6.45, 7) is 2.30. The van der Waals surface area contributed by atoms with Gasteiger partial charge in [-0.05, 0) is 32.2 Å². The fraction of sp³-hybridized carbons (Fsp3) is 0.750. The van der Waals surface area contributed by atoms with E-state index in [9.17, 15) is 0 Å². The van der Waals surface area contributed by atoms with Gasteiger partial charge in [0.2, 0.25) is 5.95 Å². The van der Waals surface area contributed by atoms with E-state index in [2.05, 4.69) is 26.8 Å². The molecule has 88 valence electrons. The number of imidazole rings is 1. The fourth-order valence-corrected chi connectivity index (χ4v) is 2.56. The lowest BCUT2D eigenvalue weighted by Gasteiger charge is -2.26. The van der Waals surface area contributed by atoms with Crippen LogP contribution in [-0.2, 0) is 7.05 Å². The molecule has 0 radical (unpaired) electrons. The lowest BCUT2D eigenvalue weighted by molar-refractivity contribution is 0.567. The van der Waals surface area contributed by atoms with Crippen molar-refractivity contribution >= 4 is 5.95 Å². The van der Waals surface area contributed by atoms with Crippen LogP contribution in [0.2, 0.25) is 0 Å². The first-order valence-corrected chi connectivity index (χ1v) is 6.32. The molecule has 0 spiro atoms. The highest BCUT2D eigenvalue weighted by molar-refractivity contribution is 5.35. The van der Waals surface area contributed by atoms with E-state index in [0.29, 0.717) is 6.04 Å². The minimum atomic E-state index is 0.664. The first kappa shape index (κ1) is 10.1. The lowest BCUT2D eigenvalue weighted by Crippen LogP contribution is -2.40. The Bertz CT molecular complexity index is 350. The second kappa shape index (κ2) is 4.09. The maximum Gasteiger partial charge on any atom is 0.205 e. The standard InChI is InChI=1S/C12H20N4/c1-15-8-7-14-12(15)16(11-4-5-11)9-10-3-2-6-13-10/h7-8,10-11,13H,2-6,9H2,1H3. The summed E-state index contributed by atoms with van der Waals surface area (Å²) in [5, 5.41) is 3.57. The summed E-state index contributed by atoms with van der Waals surface area (Å²) in [4.78, 5) is 6.97. The topological polar surface area (TPSA) is 33.1 Å². The van der Waals surface area contributed by atoms with E-state index in [1.165, 1.54) is 32.2 Å².